The van der Waals surface area contributed by atoms with Crippen LogP contribution in [0.4, 0.5) is 4.39 Å². The van der Waals surface area contributed by atoms with Crippen LogP contribution in [0.3, 0.4) is 0 Å². The fraction of sp³-hybridized carbons (Fsp3) is 0.273. The van der Waals surface area contributed by atoms with Gasteiger partial charge in [-0.25, -0.2) is 22.8 Å². The summed E-state index contributed by atoms with van der Waals surface area (Å²) in [5.41, 5.74) is 2.70. The molecule has 6 nitrogen and oxygen atoms in total. The fourth-order valence-electron chi connectivity index (χ4n) is 3.19. The number of rotatable bonds is 8. The van der Waals surface area contributed by atoms with Gasteiger partial charge in [0.25, 0.3) is 0 Å². The van der Waals surface area contributed by atoms with Crippen LogP contribution in [-0.2, 0) is 33.2 Å². The number of Topliss-reactive ketones (excluding diaryl/α,β-unsaturated/α-hetero) is 1. The lowest BCUT2D eigenvalue weighted by Crippen LogP contribution is -2.15. The van der Waals surface area contributed by atoms with Gasteiger partial charge >= 0.3 is 0 Å². The molecule has 1 saturated carbocycles. The van der Waals surface area contributed by atoms with Crippen molar-refractivity contribution in [1.29, 1.82) is 0 Å². The highest BCUT2D eigenvalue weighted by Gasteiger charge is 2.36. The lowest BCUT2D eigenvalue weighted by molar-refractivity contribution is -0.117. The van der Waals surface area contributed by atoms with Crippen LogP contribution < -0.4 is 0 Å². The molecule has 2 aromatic heterocycles. The van der Waals surface area contributed by atoms with E-state index < -0.39 is 15.7 Å². The minimum atomic E-state index is -3.31. The normalized spacial score (nSPS) is 13.9. The molecule has 154 valence electrons. The summed E-state index contributed by atoms with van der Waals surface area (Å²) in [6, 6.07) is 11.3. The smallest absolute Gasteiger partial charge is 0.163 e. The van der Waals surface area contributed by atoms with Crippen molar-refractivity contribution < 1.29 is 17.6 Å². The first-order valence-corrected chi connectivity index (χ1v) is 11.3. The largest absolute Gasteiger partial charge is 0.299 e. The van der Waals surface area contributed by atoms with Crippen LogP contribution in [0.2, 0.25) is 0 Å². The van der Waals surface area contributed by atoms with Crippen LogP contribution in [0.1, 0.15) is 29.9 Å². The summed E-state index contributed by atoms with van der Waals surface area (Å²) in [5, 5.41) is -0.342. The van der Waals surface area contributed by atoms with E-state index in [2.05, 4.69) is 15.0 Å². The first-order valence-electron chi connectivity index (χ1n) is 9.63. The summed E-state index contributed by atoms with van der Waals surface area (Å²) in [6.45, 7) is 0. The first-order chi connectivity index (χ1) is 14.4. The summed E-state index contributed by atoms with van der Waals surface area (Å²) in [4.78, 5) is 24.3. The number of ketones is 1. The molecule has 0 aliphatic heterocycles. The Labute approximate surface area is 174 Å². The monoisotopic (exact) mass is 425 g/mol. The van der Waals surface area contributed by atoms with Crippen molar-refractivity contribution in [2.75, 3.05) is 0 Å². The highest BCUT2D eigenvalue weighted by molar-refractivity contribution is 7.91. The van der Waals surface area contributed by atoms with Crippen molar-refractivity contribution in [2.24, 2.45) is 0 Å². The molecule has 0 amide bonds. The van der Waals surface area contributed by atoms with Gasteiger partial charge in [-0.05, 0) is 35.6 Å². The molecule has 3 aromatic rings. The Hall–Kier alpha value is -3.00. The molecule has 1 fully saturated rings. The van der Waals surface area contributed by atoms with Crippen molar-refractivity contribution >= 4 is 15.6 Å². The molecule has 8 heteroatoms. The molecule has 0 saturated heterocycles. The second-order valence-corrected chi connectivity index (χ2v) is 9.70. The number of hydrogen-bond acceptors (Lipinski definition) is 6. The summed E-state index contributed by atoms with van der Waals surface area (Å²) in [7, 11) is -3.31. The van der Waals surface area contributed by atoms with Gasteiger partial charge in [-0.3, -0.25) is 9.78 Å². The van der Waals surface area contributed by atoms with Gasteiger partial charge in [0.1, 0.15) is 17.4 Å². The lowest BCUT2D eigenvalue weighted by atomic mass is 10.0. The van der Waals surface area contributed by atoms with Crippen LogP contribution in [0.15, 0.2) is 55.0 Å². The predicted octanol–water partition coefficient (Wildman–Crippen LogP) is 3.11. The average Bonchev–Trinajstić information content (AvgIpc) is 3.58. The lowest BCUT2D eigenvalue weighted by Gasteiger charge is -2.07. The predicted molar refractivity (Wildman–Crippen MR) is 110 cm³/mol. The zero-order valence-electron chi connectivity index (χ0n) is 16.2. The minimum absolute atomic E-state index is 0.0342. The molecule has 0 atom stereocenters. The Morgan fingerprint density at radius 1 is 1.03 bits per heavy atom. The summed E-state index contributed by atoms with van der Waals surface area (Å²) in [6.07, 6.45) is 5.62. The number of hydrogen-bond donors (Lipinski definition) is 0. The SMILES string of the molecule is O=C(Cc1ccc(-c2cccnc2)cc1)Cc1nc(CS(=O)(=O)C2CC2)ncc1F. The summed E-state index contributed by atoms with van der Waals surface area (Å²) >= 11 is 0. The number of benzene rings is 1. The second-order valence-electron chi connectivity index (χ2n) is 7.42. The molecule has 1 aliphatic carbocycles. The highest BCUT2D eigenvalue weighted by Crippen LogP contribution is 2.30. The van der Waals surface area contributed by atoms with Gasteiger partial charge in [-0.2, -0.15) is 0 Å². The van der Waals surface area contributed by atoms with Gasteiger partial charge in [-0.1, -0.05) is 30.3 Å². The molecule has 0 radical (unpaired) electrons. The van der Waals surface area contributed by atoms with Crippen molar-refractivity contribution in [1.82, 2.24) is 15.0 Å². The molecule has 4 rings (SSSR count). The zero-order chi connectivity index (χ0) is 21.1. The summed E-state index contributed by atoms with van der Waals surface area (Å²) < 4.78 is 38.3. The van der Waals surface area contributed by atoms with Crippen molar-refractivity contribution in [3.63, 3.8) is 0 Å². The Morgan fingerprint density at radius 3 is 2.47 bits per heavy atom. The van der Waals surface area contributed by atoms with E-state index >= 15 is 0 Å². The molecule has 0 bridgehead atoms. The third-order valence-corrected chi connectivity index (χ3v) is 7.09. The molecule has 0 spiro atoms. The maximum Gasteiger partial charge on any atom is 0.163 e. The fourth-order valence-corrected chi connectivity index (χ4v) is 4.78. The number of carbonyl (C=O) groups excluding carboxylic acids is 1. The third-order valence-electron chi connectivity index (χ3n) is 4.94. The number of nitrogens with zero attached hydrogens (tertiary/aromatic N) is 3. The van der Waals surface area contributed by atoms with E-state index in [1.165, 1.54) is 0 Å². The van der Waals surface area contributed by atoms with Gasteiger partial charge < -0.3 is 0 Å². The third kappa shape index (κ3) is 4.94. The Morgan fingerprint density at radius 2 is 1.80 bits per heavy atom. The Kier molecular flexibility index (Phi) is 5.67. The van der Waals surface area contributed by atoms with Gasteiger partial charge in [0.2, 0.25) is 0 Å². The van der Waals surface area contributed by atoms with Gasteiger partial charge in [0.15, 0.2) is 15.7 Å². The zero-order valence-corrected chi connectivity index (χ0v) is 17.0. The van der Waals surface area contributed by atoms with Gasteiger partial charge in [0.05, 0.1) is 23.6 Å². The number of aromatic nitrogens is 3. The van der Waals surface area contributed by atoms with E-state index in [1.807, 2.05) is 36.4 Å². The maximum absolute atomic E-state index is 14.1. The van der Waals surface area contributed by atoms with Gasteiger partial charge in [-0.15, -0.1) is 0 Å². The van der Waals surface area contributed by atoms with Crippen LogP contribution >= 0.6 is 0 Å². The van der Waals surface area contributed by atoms with E-state index in [9.17, 15) is 17.6 Å². The quantitative estimate of drug-likeness (QED) is 0.551. The molecule has 0 unspecified atom stereocenters. The number of pyridine rings is 1. The van der Waals surface area contributed by atoms with E-state index in [-0.39, 0.29) is 41.1 Å². The van der Waals surface area contributed by atoms with Crippen LogP contribution in [0, 0.1) is 5.82 Å². The number of sulfone groups is 1. The molecular weight excluding hydrogens is 405 g/mol. The van der Waals surface area contributed by atoms with E-state index in [4.69, 9.17) is 0 Å². The van der Waals surface area contributed by atoms with E-state index in [1.54, 1.807) is 12.4 Å². The Bertz CT molecular complexity index is 1160. The second kappa shape index (κ2) is 8.39. The standard InChI is InChI=1S/C22H20FN3O3S/c23-20-13-25-22(14-30(28,29)19-7-8-19)26-21(20)11-18(27)10-15-3-5-16(6-4-15)17-2-1-9-24-12-17/h1-6,9,12-13,19H,7-8,10-11,14H2. The average molecular weight is 425 g/mol. The molecule has 30 heavy (non-hydrogen) atoms. The number of carbonyl (C=O) groups is 1. The number of halogens is 1. The first kappa shape index (κ1) is 20.3. The molecular formula is C22H20FN3O3S. The van der Waals surface area contributed by atoms with Crippen LogP contribution in [-0.4, -0.2) is 34.4 Å². The van der Waals surface area contributed by atoms with E-state index in [0.29, 0.717) is 12.8 Å². The van der Waals surface area contributed by atoms with Crippen LogP contribution in [0.5, 0.6) is 0 Å². The van der Waals surface area contributed by atoms with Crippen molar-refractivity contribution in [3.05, 3.63) is 77.9 Å². The van der Waals surface area contributed by atoms with E-state index in [0.717, 1.165) is 22.9 Å². The minimum Gasteiger partial charge on any atom is -0.299 e. The molecule has 0 N–H and O–H groups in total. The Balaban J connectivity index is 1.42. The van der Waals surface area contributed by atoms with Crippen molar-refractivity contribution in [2.45, 2.75) is 36.7 Å². The summed E-state index contributed by atoms with van der Waals surface area (Å²) in [5.74, 6) is -1.21. The van der Waals surface area contributed by atoms with Crippen molar-refractivity contribution in [3.8, 4) is 11.1 Å². The highest BCUT2D eigenvalue weighted by atomic mass is 32.2. The van der Waals surface area contributed by atoms with Crippen LogP contribution in [0.25, 0.3) is 11.1 Å². The molecule has 1 aliphatic rings. The molecule has 2 heterocycles. The maximum atomic E-state index is 14.1. The topological polar surface area (TPSA) is 89.9 Å². The van der Waals surface area contributed by atoms with Gasteiger partial charge in [0, 0.05) is 18.8 Å². The molecule has 1 aromatic carbocycles.